The van der Waals surface area contributed by atoms with E-state index in [9.17, 15) is 0 Å². The SMILES string of the molecule is Cc1cc(C)n(C=C[Si](C)(C)C)n1. The standard InChI is InChI=1S/C10H18N2Si/c1-9-8-10(2)12(11-9)6-7-13(3,4)5/h6-8H,1-5H3. The zero-order valence-corrected chi connectivity index (χ0v) is 10.1. The average Bonchev–Trinajstić information content (AvgIpc) is 2.24. The van der Waals surface area contributed by atoms with Crippen LogP contribution in [0.5, 0.6) is 0 Å². The summed E-state index contributed by atoms with van der Waals surface area (Å²) in [6, 6.07) is 2.09. The number of aromatic nitrogens is 2. The highest BCUT2D eigenvalue weighted by Gasteiger charge is 2.07. The first-order valence-corrected chi connectivity index (χ1v) is 8.18. The Balaban J connectivity index is 2.86. The molecule has 0 unspecified atom stereocenters. The van der Waals surface area contributed by atoms with Crippen molar-refractivity contribution >= 4 is 14.3 Å². The first kappa shape index (κ1) is 10.2. The van der Waals surface area contributed by atoms with Gasteiger partial charge < -0.3 is 0 Å². The predicted octanol–water partition coefficient (Wildman–Crippen LogP) is 2.85. The third-order valence-electron chi connectivity index (χ3n) is 1.76. The normalized spacial score (nSPS) is 12.7. The molecule has 0 aliphatic carbocycles. The molecule has 0 fully saturated rings. The molecule has 13 heavy (non-hydrogen) atoms. The molecule has 0 atom stereocenters. The molecule has 0 aromatic carbocycles. The van der Waals surface area contributed by atoms with E-state index < -0.39 is 8.07 Å². The monoisotopic (exact) mass is 194 g/mol. The van der Waals surface area contributed by atoms with E-state index in [4.69, 9.17) is 0 Å². The highest BCUT2D eigenvalue weighted by Crippen LogP contribution is 2.06. The minimum absolute atomic E-state index is 1.08. The molecule has 0 aliphatic rings. The lowest BCUT2D eigenvalue weighted by Gasteiger charge is -2.08. The van der Waals surface area contributed by atoms with Crippen LogP contribution in [0, 0.1) is 13.8 Å². The predicted molar refractivity (Wildman–Crippen MR) is 60.4 cm³/mol. The highest BCUT2D eigenvalue weighted by atomic mass is 28.3. The van der Waals surface area contributed by atoms with Gasteiger partial charge in [0.2, 0.25) is 0 Å². The van der Waals surface area contributed by atoms with E-state index >= 15 is 0 Å². The second-order valence-electron chi connectivity index (χ2n) is 4.55. The van der Waals surface area contributed by atoms with Crippen molar-refractivity contribution in [1.29, 1.82) is 0 Å². The summed E-state index contributed by atoms with van der Waals surface area (Å²) in [5.41, 5.74) is 4.58. The van der Waals surface area contributed by atoms with Crippen molar-refractivity contribution in [2.45, 2.75) is 33.5 Å². The molecular formula is C10H18N2Si. The summed E-state index contributed by atoms with van der Waals surface area (Å²) >= 11 is 0. The second kappa shape index (κ2) is 3.50. The summed E-state index contributed by atoms with van der Waals surface area (Å²) < 4.78 is 1.95. The van der Waals surface area contributed by atoms with Gasteiger partial charge in [0.15, 0.2) is 0 Å². The van der Waals surface area contributed by atoms with E-state index in [0.29, 0.717) is 0 Å². The Kier molecular flexibility index (Phi) is 2.76. The van der Waals surface area contributed by atoms with E-state index in [0.717, 1.165) is 5.69 Å². The Labute approximate surface area is 81.3 Å². The zero-order valence-electron chi connectivity index (χ0n) is 9.13. The quantitative estimate of drug-likeness (QED) is 0.662. The molecule has 1 heterocycles. The number of hydrogen-bond acceptors (Lipinski definition) is 1. The Morgan fingerprint density at radius 3 is 2.31 bits per heavy atom. The van der Waals surface area contributed by atoms with Crippen LogP contribution in [0.1, 0.15) is 11.4 Å². The smallest absolute Gasteiger partial charge is 0.0707 e. The first-order valence-electron chi connectivity index (χ1n) is 4.60. The summed E-state index contributed by atoms with van der Waals surface area (Å²) in [4.78, 5) is 0. The largest absolute Gasteiger partial charge is 0.246 e. The van der Waals surface area contributed by atoms with Gasteiger partial charge in [0.05, 0.1) is 13.8 Å². The fraction of sp³-hybridized carbons (Fsp3) is 0.500. The van der Waals surface area contributed by atoms with Crippen molar-refractivity contribution in [3.8, 4) is 0 Å². The van der Waals surface area contributed by atoms with Crippen molar-refractivity contribution in [2.24, 2.45) is 0 Å². The van der Waals surface area contributed by atoms with Crippen LogP contribution in [0.3, 0.4) is 0 Å². The van der Waals surface area contributed by atoms with Crippen LogP contribution in [0.4, 0.5) is 0 Å². The molecule has 1 aromatic heterocycles. The zero-order chi connectivity index (χ0) is 10.1. The van der Waals surface area contributed by atoms with Crippen molar-refractivity contribution in [1.82, 2.24) is 9.78 Å². The van der Waals surface area contributed by atoms with Crippen molar-refractivity contribution < 1.29 is 0 Å². The molecular weight excluding hydrogens is 176 g/mol. The molecule has 3 heteroatoms. The lowest BCUT2D eigenvalue weighted by atomic mass is 10.4. The van der Waals surface area contributed by atoms with E-state index in [2.05, 4.69) is 49.6 Å². The maximum absolute atomic E-state index is 4.37. The second-order valence-corrected chi connectivity index (χ2v) is 9.62. The number of nitrogens with zero attached hydrogens (tertiary/aromatic N) is 2. The van der Waals surface area contributed by atoms with Crippen LogP contribution < -0.4 is 0 Å². The van der Waals surface area contributed by atoms with Gasteiger partial charge in [0, 0.05) is 11.9 Å². The first-order chi connectivity index (χ1) is 5.88. The molecule has 72 valence electrons. The molecule has 0 amide bonds. The van der Waals surface area contributed by atoms with E-state index in [-0.39, 0.29) is 0 Å². The Hall–Kier alpha value is -0.833. The van der Waals surface area contributed by atoms with Gasteiger partial charge in [-0.25, -0.2) is 4.68 Å². The average molecular weight is 194 g/mol. The van der Waals surface area contributed by atoms with Gasteiger partial charge in [-0.1, -0.05) is 25.3 Å². The fourth-order valence-corrected chi connectivity index (χ4v) is 1.68. The van der Waals surface area contributed by atoms with E-state index in [1.807, 2.05) is 11.6 Å². The number of aryl methyl sites for hydroxylation is 2. The van der Waals surface area contributed by atoms with Crippen molar-refractivity contribution in [3.05, 3.63) is 23.2 Å². The third kappa shape index (κ3) is 3.18. The van der Waals surface area contributed by atoms with E-state index in [1.165, 1.54) is 5.69 Å². The molecule has 0 radical (unpaired) electrons. The van der Waals surface area contributed by atoms with Gasteiger partial charge in [0.25, 0.3) is 0 Å². The molecule has 0 saturated carbocycles. The Morgan fingerprint density at radius 1 is 1.31 bits per heavy atom. The van der Waals surface area contributed by atoms with Crippen LogP contribution in [-0.4, -0.2) is 17.9 Å². The molecule has 2 nitrogen and oxygen atoms in total. The van der Waals surface area contributed by atoms with Gasteiger partial charge in [0.1, 0.15) is 0 Å². The van der Waals surface area contributed by atoms with Crippen molar-refractivity contribution in [2.75, 3.05) is 0 Å². The Bertz CT molecular complexity index is 318. The summed E-state index contributed by atoms with van der Waals surface area (Å²) in [6.07, 6.45) is 2.09. The van der Waals surface area contributed by atoms with Crippen molar-refractivity contribution in [3.63, 3.8) is 0 Å². The molecule has 0 N–H and O–H groups in total. The molecule has 0 bridgehead atoms. The van der Waals surface area contributed by atoms with Gasteiger partial charge in [-0.05, 0) is 19.9 Å². The van der Waals surface area contributed by atoms with Crippen LogP contribution in [0.15, 0.2) is 11.8 Å². The highest BCUT2D eigenvalue weighted by molar-refractivity contribution is 6.81. The van der Waals surface area contributed by atoms with Gasteiger partial charge in [-0.2, -0.15) is 5.10 Å². The topological polar surface area (TPSA) is 17.8 Å². The maximum atomic E-state index is 4.37. The fourth-order valence-electron chi connectivity index (χ4n) is 1.09. The lowest BCUT2D eigenvalue weighted by molar-refractivity contribution is 0.881. The summed E-state index contributed by atoms with van der Waals surface area (Å²) in [5, 5.41) is 4.37. The number of hydrogen-bond donors (Lipinski definition) is 0. The van der Waals surface area contributed by atoms with Gasteiger partial charge >= 0.3 is 0 Å². The molecule has 0 saturated heterocycles. The van der Waals surface area contributed by atoms with Crippen LogP contribution in [0.25, 0.3) is 6.20 Å². The molecule has 1 rings (SSSR count). The summed E-state index contributed by atoms with van der Waals surface area (Å²) in [6.45, 7) is 11.0. The maximum Gasteiger partial charge on any atom is 0.0707 e. The van der Waals surface area contributed by atoms with Crippen LogP contribution in [-0.2, 0) is 0 Å². The molecule has 1 aromatic rings. The summed E-state index contributed by atoms with van der Waals surface area (Å²) in [5.74, 6) is 0. The van der Waals surface area contributed by atoms with Crippen LogP contribution in [0.2, 0.25) is 19.6 Å². The van der Waals surface area contributed by atoms with Crippen LogP contribution >= 0.6 is 0 Å². The lowest BCUT2D eigenvalue weighted by Crippen LogP contribution is -2.16. The van der Waals surface area contributed by atoms with Gasteiger partial charge in [-0.3, -0.25) is 0 Å². The minimum atomic E-state index is -1.10. The Morgan fingerprint density at radius 2 is 1.92 bits per heavy atom. The van der Waals surface area contributed by atoms with E-state index in [1.54, 1.807) is 0 Å². The van der Waals surface area contributed by atoms with Gasteiger partial charge in [-0.15, -0.1) is 0 Å². The molecule has 0 spiro atoms. The minimum Gasteiger partial charge on any atom is -0.246 e. The third-order valence-corrected chi connectivity index (χ3v) is 2.91. The molecule has 0 aliphatic heterocycles. The number of rotatable bonds is 2. The summed E-state index contributed by atoms with van der Waals surface area (Å²) in [7, 11) is -1.10.